The molecule has 0 atom stereocenters. The van der Waals surface area contributed by atoms with Crippen LogP contribution in [0.5, 0.6) is 0 Å². The van der Waals surface area contributed by atoms with Crippen LogP contribution < -0.4 is 0 Å². The minimum atomic E-state index is -0.500. The van der Waals surface area contributed by atoms with Crippen molar-refractivity contribution in [3.8, 4) is 0 Å². The average molecular weight is 501 g/mol. The molecule has 1 aromatic carbocycles. The first kappa shape index (κ1) is 28.0. The molecule has 1 aromatic heterocycles. The highest BCUT2D eigenvalue weighted by Gasteiger charge is 2.27. The van der Waals surface area contributed by atoms with Gasteiger partial charge in [-0.1, -0.05) is 20.8 Å². The van der Waals surface area contributed by atoms with E-state index in [2.05, 4.69) is 44.3 Å². The van der Waals surface area contributed by atoms with E-state index in [0.717, 1.165) is 49.2 Å². The normalized spacial score (nSPS) is 15.5. The van der Waals surface area contributed by atoms with Crippen LogP contribution in [0.4, 0.5) is 4.79 Å². The summed E-state index contributed by atoms with van der Waals surface area (Å²) in [6.45, 7) is 15.6. The molecule has 0 N–H and O–H groups in total. The molecule has 0 bridgehead atoms. The summed E-state index contributed by atoms with van der Waals surface area (Å²) in [5.41, 5.74) is 2.00. The minimum absolute atomic E-state index is 0.109. The third kappa shape index (κ3) is 7.95. The Hall–Kier alpha value is -2.61. The maximum Gasteiger partial charge on any atom is 0.410 e. The van der Waals surface area contributed by atoms with E-state index < -0.39 is 5.60 Å². The fourth-order valence-corrected chi connectivity index (χ4v) is 4.35. The van der Waals surface area contributed by atoms with E-state index in [1.165, 1.54) is 0 Å². The number of likely N-dealkylation sites (N-methyl/N-ethyl adjacent to an activating group) is 1. The van der Waals surface area contributed by atoms with Gasteiger partial charge in [-0.2, -0.15) is 0 Å². The monoisotopic (exact) mass is 500 g/mol. The van der Waals surface area contributed by atoms with Crippen LogP contribution in [0.1, 0.15) is 70.6 Å². The smallest absolute Gasteiger partial charge is 0.410 e. The molecule has 8 heteroatoms. The Morgan fingerprint density at radius 1 is 1.08 bits per heavy atom. The van der Waals surface area contributed by atoms with E-state index in [9.17, 15) is 9.59 Å². The topological polar surface area (TPSA) is 76.9 Å². The Balaban J connectivity index is 1.62. The molecule has 8 nitrogen and oxygen atoms in total. The van der Waals surface area contributed by atoms with Crippen molar-refractivity contribution in [3.63, 3.8) is 0 Å². The number of likely N-dealkylation sites (tertiary alicyclic amines) is 1. The standard InChI is InChI=1S/C28H44N4O4/c1-27(2,3)18-24-29-22-17-21(9-10-23(22)32(24)16-15-30(7)8)25(33)35-19-20-11-13-31(14-12-20)26(34)36-28(4,5)6/h9-10,17,20H,11-16,18-19H2,1-8H3. The van der Waals surface area contributed by atoms with E-state index in [1.807, 2.05) is 39.0 Å². The van der Waals surface area contributed by atoms with Crippen molar-refractivity contribution in [3.05, 3.63) is 29.6 Å². The van der Waals surface area contributed by atoms with Gasteiger partial charge in [-0.25, -0.2) is 14.6 Å². The van der Waals surface area contributed by atoms with Gasteiger partial charge in [0.2, 0.25) is 0 Å². The molecule has 3 rings (SSSR count). The van der Waals surface area contributed by atoms with Crippen LogP contribution in [0.2, 0.25) is 0 Å². The highest BCUT2D eigenvalue weighted by molar-refractivity contribution is 5.93. The molecule has 200 valence electrons. The summed E-state index contributed by atoms with van der Waals surface area (Å²) in [5, 5.41) is 0. The van der Waals surface area contributed by atoms with Gasteiger partial charge in [-0.3, -0.25) is 0 Å². The lowest BCUT2D eigenvalue weighted by atomic mass is 9.92. The van der Waals surface area contributed by atoms with Crippen LogP contribution in [0.15, 0.2) is 18.2 Å². The molecule has 0 radical (unpaired) electrons. The SMILES string of the molecule is CN(C)CCn1c(CC(C)(C)C)nc2cc(C(=O)OCC3CCN(C(=O)OC(C)(C)C)CC3)ccc21. The van der Waals surface area contributed by atoms with Gasteiger partial charge in [0.05, 0.1) is 23.2 Å². The number of hydrogen-bond donors (Lipinski definition) is 0. The lowest BCUT2D eigenvalue weighted by Crippen LogP contribution is -2.42. The molecule has 1 amide bonds. The summed E-state index contributed by atoms with van der Waals surface area (Å²) >= 11 is 0. The first-order valence-electron chi connectivity index (χ1n) is 13.0. The molecule has 0 spiro atoms. The van der Waals surface area contributed by atoms with Crippen molar-refractivity contribution in [1.82, 2.24) is 19.4 Å². The van der Waals surface area contributed by atoms with E-state index in [-0.39, 0.29) is 23.4 Å². The van der Waals surface area contributed by atoms with E-state index >= 15 is 0 Å². The van der Waals surface area contributed by atoms with Crippen molar-refractivity contribution in [2.24, 2.45) is 11.3 Å². The molecule has 1 fully saturated rings. The summed E-state index contributed by atoms with van der Waals surface area (Å²) in [6, 6.07) is 5.67. The molecular weight excluding hydrogens is 456 g/mol. The number of hydrogen-bond acceptors (Lipinski definition) is 6. The minimum Gasteiger partial charge on any atom is -0.462 e. The molecule has 0 saturated carbocycles. The number of esters is 1. The number of aromatic nitrogens is 2. The molecule has 0 unspecified atom stereocenters. The van der Waals surface area contributed by atoms with Gasteiger partial charge < -0.3 is 23.8 Å². The first-order valence-corrected chi connectivity index (χ1v) is 13.0. The molecule has 36 heavy (non-hydrogen) atoms. The fraction of sp³-hybridized carbons (Fsp3) is 0.679. The summed E-state index contributed by atoms with van der Waals surface area (Å²) in [7, 11) is 4.14. The van der Waals surface area contributed by atoms with Gasteiger partial charge in [0.15, 0.2) is 0 Å². The zero-order valence-electron chi connectivity index (χ0n) is 23.4. The van der Waals surface area contributed by atoms with Crippen LogP contribution in [-0.2, 0) is 22.4 Å². The molecule has 1 aliphatic rings. The quantitative estimate of drug-likeness (QED) is 0.499. The van der Waals surface area contributed by atoms with Crippen molar-refractivity contribution >= 4 is 23.1 Å². The van der Waals surface area contributed by atoms with Crippen LogP contribution in [0.3, 0.4) is 0 Å². The summed E-state index contributed by atoms with van der Waals surface area (Å²) in [5.74, 6) is 0.952. The Kier molecular flexibility index (Phi) is 8.70. The zero-order valence-corrected chi connectivity index (χ0v) is 23.4. The fourth-order valence-electron chi connectivity index (χ4n) is 4.35. The van der Waals surface area contributed by atoms with E-state index in [0.29, 0.717) is 25.3 Å². The highest BCUT2D eigenvalue weighted by Crippen LogP contribution is 2.26. The van der Waals surface area contributed by atoms with Crippen LogP contribution >= 0.6 is 0 Å². The van der Waals surface area contributed by atoms with Crippen molar-refractivity contribution in [2.75, 3.05) is 40.3 Å². The molecule has 1 aliphatic heterocycles. The van der Waals surface area contributed by atoms with Gasteiger partial charge >= 0.3 is 12.1 Å². The lowest BCUT2D eigenvalue weighted by Gasteiger charge is -2.33. The largest absolute Gasteiger partial charge is 0.462 e. The van der Waals surface area contributed by atoms with Crippen LogP contribution in [0.25, 0.3) is 11.0 Å². The number of imidazole rings is 1. The summed E-state index contributed by atoms with van der Waals surface area (Å²) < 4.78 is 13.4. The third-order valence-electron chi connectivity index (χ3n) is 6.24. The second kappa shape index (κ2) is 11.2. The maximum atomic E-state index is 12.8. The van der Waals surface area contributed by atoms with Gasteiger partial charge in [-0.15, -0.1) is 0 Å². The van der Waals surface area contributed by atoms with E-state index in [1.54, 1.807) is 4.90 Å². The molecule has 1 saturated heterocycles. The summed E-state index contributed by atoms with van der Waals surface area (Å²) in [6.07, 6.45) is 2.16. The van der Waals surface area contributed by atoms with E-state index in [4.69, 9.17) is 14.5 Å². The summed E-state index contributed by atoms with van der Waals surface area (Å²) in [4.78, 5) is 33.9. The Morgan fingerprint density at radius 3 is 2.33 bits per heavy atom. The predicted octanol–water partition coefficient (Wildman–Crippen LogP) is 4.99. The number of benzene rings is 1. The number of amides is 1. The predicted molar refractivity (Wildman–Crippen MR) is 142 cm³/mol. The number of ether oxygens (including phenoxy) is 2. The second-order valence-electron chi connectivity index (χ2n) is 12.4. The Labute approximate surface area is 215 Å². The molecular formula is C28H44N4O4. The third-order valence-corrected chi connectivity index (χ3v) is 6.24. The number of rotatable bonds is 7. The molecule has 2 heterocycles. The number of fused-ring (bicyclic) bond motifs is 1. The second-order valence-corrected chi connectivity index (χ2v) is 12.4. The maximum absolute atomic E-state index is 12.8. The van der Waals surface area contributed by atoms with Crippen LogP contribution in [-0.4, -0.2) is 77.4 Å². The Morgan fingerprint density at radius 2 is 1.75 bits per heavy atom. The van der Waals surface area contributed by atoms with Crippen molar-refractivity contribution < 1.29 is 19.1 Å². The Bertz CT molecular complexity index is 1050. The molecule has 2 aromatic rings. The average Bonchev–Trinajstić information content (AvgIpc) is 3.09. The molecule has 0 aliphatic carbocycles. The van der Waals surface area contributed by atoms with Gasteiger partial charge in [0.25, 0.3) is 0 Å². The number of carbonyl (C=O) groups is 2. The van der Waals surface area contributed by atoms with Crippen molar-refractivity contribution in [2.45, 2.75) is 73.0 Å². The van der Waals surface area contributed by atoms with Crippen molar-refractivity contribution in [1.29, 1.82) is 0 Å². The lowest BCUT2D eigenvalue weighted by molar-refractivity contribution is 0.0115. The zero-order chi connectivity index (χ0) is 26.7. The van der Waals surface area contributed by atoms with Gasteiger partial charge in [0, 0.05) is 32.6 Å². The number of carbonyl (C=O) groups excluding carboxylic acids is 2. The van der Waals surface area contributed by atoms with Gasteiger partial charge in [-0.05, 0) is 77.2 Å². The first-order chi connectivity index (χ1) is 16.7. The van der Waals surface area contributed by atoms with Gasteiger partial charge in [0.1, 0.15) is 11.4 Å². The number of piperidine rings is 1. The highest BCUT2D eigenvalue weighted by atomic mass is 16.6. The van der Waals surface area contributed by atoms with Crippen LogP contribution in [0, 0.1) is 11.3 Å². The number of nitrogens with zero attached hydrogens (tertiary/aromatic N) is 4.